The lowest BCUT2D eigenvalue weighted by molar-refractivity contribution is -0.165. The molecule has 0 spiro atoms. The highest BCUT2D eigenvalue weighted by atomic mass is 16.6. The van der Waals surface area contributed by atoms with Crippen molar-refractivity contribution in [2.45, 2.75) is 155 Å². The lowest BCUT2D eigenvalue weighted by atomic mass is 9.77. The largest absolute Gasteiger partial charge is 0.459 e. The van der Waals surface area contributed by atoms with Crippen LogP contribution >= 0.6 is 0 Å². The summed E-state index contributed by atoms with van der Waals surface area (Å²) in [5, 5.41) is 0. The van der Waals surface area contributed by atoms with Crippen LogP contribution < -0.4 is 0 Å². The number of esters is 5. The molecule has 4 rings (SSSR count). The third-order valence-corrected chi connectivity index (χ3v) is 11.4. The highest BCUT2D eigenvalue weighted by molar-refractivity contribution is 5.90. The van der Waals surface area contributed by atoms with Crippen molar-refractivity contribution in [1.82, 2.24) is 9.80 Å². The number of carbonyl (C=O) groups is 5. The third kappa shape index (κ3) is 14.9. The summed E-state index contributed by atoms with van der Waals surface area (Å²) in [5.74, 6) is -2.17. The van der Waals surface area contributed by atoms with Crippen molar-refractivity contribution in [1.29, 1.82) is 0 Å². The van der Waals surface area contributed by atoms with Gasteiger partial charge >= 0.3 is 29.8 Å². The van der Waals surface area contributed by atoms with E-state index in [-0.39, 0.29) is 50.6 Å². The van der Waals surface area contributed by atoms with Crippen LogP contribution in [-0.2, 0) is 47.5 Å². The van der Waals surface area contributed by atoms with E-state index in [1.54, 1.807) is 48.5 Å². The Morgan fingerprint density at radius 2 is 0.770 bits per heavy atom. The Labute approximate surface area is 361 Å². The van der Waals surface area contributed by atoms with E-state index in [1.165, 1.54) is 20.8 Å². The number of hydrogen-bond acceptors (Lipinski definition) is 14. The zero-order valence-corrected chi connectivity index (χ0v) is 38.0. The molecule has 0 saturated carbocycles. The van der Waals surface area contributed by atoms with Crippen LogP contribution in [0.4, 0.5) is 0 Å². The van der Waals surface area contributed by atoms with Gasteiger partial charge in [-0.25, -0.2) is 9.59 Å². The summed E-state index contributed by atoms with van der Waals surface area (Å²) in [4.78, 5) is 67.1. The molecule has 2 heterocycles. The summed E-state index contributed by atoms with van der Waals surface area (Å²) < 4.78 is 41.1. The number of hydrogen-bond donors (Lipinski definition) is 0. The molecule has 0 aliphatic carbocycles. The second kappa shape index (κ2) is 21.1. The Hall–Kier alpha value is -4.37. The molecule has 61 heavy (non-hydrogen) atoms. The van der Waals surface area contributed by atoms with E-state index in [9.17, 15) is 24.0 Å². The van der Waals surface area contributed by atoms with E-state index < -0.39 is 58.4 Å². The molecule has 2 aliphatic heterocycles. The lowest BCUT2D eigenvalue weighted by Gasteiger charge is -2.55. The Balaban J connectivity index is 1.34. The molecular formula is C47H68N2O12. The summed E-state index contributed by atoms with van der Waals surface area (Å²) >= 11 is 0. The van der Waals surface area contributed by atoms with Crippen LogP contribution in [0.15, 0.2) is 60.7 Å². The summed E-state index contributed by atoms with van der Waals surface area (Å²) in [7, 11) is 0. The molecule has 2 saturated heterocycles. The number of nitrogens with zero attached hydrogens (tertiary/aromatic N) is 2. The average molecular weight is 853 g/mol. The first-order chi connectivity index (χ1) is 28.5. The highest BCUT2D eigenvalue weighted by Crippen LogP contribution is 2.41. The van der Waals surface area contributed by atoms with Crippen molar-refractivity contribution in [3.8, 4) is 0 Å². The molecule has 2 aromatic carbocycles. The van der Waals surface area contributed by atoms with Gasteiger partial charge in [0.1, 0.15) is 30.5 Å². The molecular weight excluding hydrogens is 785 g/mol. The van der Waals surface area contributed by atoms with Gasteiger partial charge in [0, 0.05) is 81.7 Å². The molecule has 2 aromatic rings. The van der Waals surface area contributed by atoms with Gasteiger partial charge in [-0.2, -0.15) is 0 Å². The number of benzene rings is 2. The minimum atomic E-state index is -0.806. The predicted molar refractivity (Wildman–Crippen MR) is 228 cm³/mol. The molecule has 14 nitrogen and oxygen atoms in total. The molecule has 14 heteroatoms. The Bertz CT molecular complexity index is 1620. The smallest absolute Gasteiger partial charge is 0.338 e. The monoisotopic (exact) mass is 852 g/mol. The van der Waals surface area contributed by atoms with E-state index in [0.29, 0.717) is 49.9 Å². The van der Waals surface area contributed by atoms with Crippen LogP contribution in [0.2, 0.25) is 0 Å². The van der Waals surface area contributed by atoms with Gasteiger partial charge in [-0.15, -0.1) is 0 Å². The molecule has 0 aromatic heterocycles. The van der Waals surface area contributed by atoms with Crippen molar-refractivity contribution < 1.29 is 57.1 Å². The van der Waals surface area contributed by atoms with Gasteiger partial charge in [-0.1, -0.05) is 36.4 Å². The number of ether oxygens (including phenoxy) is 7. The van der Waals surface area contributed by atoms with Gasteiger partial charge in [-0.05, 0) is 79.7 Å². The quantitative estimate of drug-likeness (QED) is 0.110. The fourth-order valence-electron chi connectivity index (χ4n) is 9.33. The highest BCUT2D eigenvalue weighted by Gasteiger charge is 2.49. The number of piperidine rings is 2. The maximum absolute atomic E-state index is 12.9. The van der Waals surface area contributed by atoms with Gasteiger partial charge in [0.15, 0.2) is 0 Å². The van der Waals surface area contributed by atoms with E-state index in [4.69, 9.17) is 33.2 Å². The van der Waals surface area contributed by atoms with Crippen molar-refractivity contribution in [2.24, 2.45) is 0 Å². The Morgan fingerprint density at radius 1 is 0.492 bits per heavy atom. The van der Waals surface area contributed by atoms with Crippen molar-refractivity contribution in [2.75, 3.05) is 39.5 Å². The maximum atomic E-state index is 12.9. The first-order valence-electron chi connectivity index (χ1n) is 21.2. The minimum absolute atomic E-state index is 0.0171. The second-order valence-electron chi connectivity index (χ2n) is 18.8. The molecule has 2 unspecified atom stereocenters. The molecule has 0 bridgehead atoms. The lowest BCUT2D eigenvalue weighted by Crippen LogP contribution is -2.64. The normalized spacial score (nSPS) is 20.4. The van der Waals surface area contributed by atoms with Gasteiger partial charge in [0.25, 0.3) is 0 Å². The maximum Gasteiger partial charge on any atom is 0.338 e. The van der Waals surface area contributed by atoms with Gasteiger partial charge < -0.3 is 33.2 Å². The minimum Gasteiger partial charge on any atom is -0.459 e. The standard InChI is InChI=1S/C47H68N2O12/c1-32(50)57-39(26-48-44(4,5)22-37(23-45(48,6)7)60-42(53)35-18-14-12-15-19-35)28-55-30-41(59-34(3)52)31-56-29-40(58-33(2)51)27-49-46(8,9)24-38(25-47(49,10)11)61-43(54)36-20-16-13-17-21-36/h12-21,37-41H,22-31H2,1-11H3. The van der Waals surface area contributed by atoms with Crippen LogP contribution in [-0.4, -0.2) is 132 Å². The fourth-order valence-corrected chi connectivity index (χ4v) is 9.33. The zero-order valence-electron chi connectivity index (χ0n) is 38.0. The summed E-state index contributed by atoms with van der Waals surface area (Å²) in [5.41, 5.74) is -0.763. The van der Waals surface area contributed by atoms with Crippen molar-refractivity contribution >= 4 is 29.8 Å². The third-order valence-electron chi connectivity index (χ3n) is 11.4. The van der Waals surface area contributed by atoms with E-state index in [1.807, 2.05) is 12.1 Å². The van der Waals surface area contributed by atoms with E-state index >= 15 is 0 Å². The summed E-state index contributed by atoms with van der Waals surface area (Å²) in [6.45, 7) is 21.2. The predicted octanol–water partition coefficient (Wildman–Crippen LogP) is 6.57. The topological polar surface area (TPSA) is 156 Å². The molecule has 2 atom stereocenters. The first-order valence-corrected chi connectivity index (χ1v) is 21.2. The van der Waals surface area contributed by atoms with Crippen molar-refractivity contribution in [3.63, 3.8) is 0 Å². The van der Waals surface area contributed by atoms with Gasteiger partial charge in [-0.3, -0.25) is 24.2 Å². The molecule has 0 N–H and O–H groups in total. The Kier molecular flexibility index (Phi) is 17.1. The molecule has 2 fully saturated rings. The molecule has 0 radical (unpaired) electrons. The molecule has 2 aliphatic rings. The van der Waals surface area contributed by atoms with Crippen molar-refractivity contribution in [3.05, 3.63) is 71.8 Å². The van der Waals surface area contributed by atoms with Crippen LogP contribution in [0.3, 0.4) is 0 Å². The summed E-state index contributed by atoms with van der Waals surface area (Å²) in [6.07, 6.45) is -0.483. The van der Waals surface area contributed by atoms with Crippen LogP contribution in [0.25, 0.3) is 0 Å². The average Bonchev–Trinajstić information content (AvgIpc) is 3.13. The van der Waals surface area contributed by atoms with E-state index in [0.717, 1.165) is 0 Å². The first kappa shape index (κ1) is 49.3. The van der Waals surface area contributed by atoms with E-state index in [2.05, 4.69) is 65.2 Å². The Morgan fingerprint density at radius 3 is 1.07 bits per heavy atom. The zero-order chi connectivity index (χ0) is 45.2. The van der Waals surface area contributed by atoms with Gasteiger partial charge in [0.05, 0.1) is 37.6 Å². The van der Waals surface area contributed by atoms with Crippen LogP contribution in [0.5, 0.6) is 0 Å². The number of carbonyl (C=O) groups excluding carboxylic acids is 5. The fraction of sp³-hybridized carbons (Fsp3) is 0.638. The SMILES string of the molecule is CC(=O)OC(COCC(CN1C(C)(C)CC(OC(=O)c2ccccc2)CC1(C)C)OC(C)=O)COCC(CN1C(C)(C)CC(OC(=O)c2ccccc2)CC1(C)C)OC(C)=O. The second-order valence-corrected chi connectivity index (χ2v) is 18.8. The van der Waals surface area contributed by atoms with Crippen LogP contribution in [0, 0.1) is 0 Å². The summed E-state index contributed by atoms with van der Waals surface area (Å²) in [6, 6.07) is 17.8. The van der Waals surface area contributed by atoms with Crippen LogP contribution in [0.1, 0.15) is 123 Å². The molecule has 0 amide bonds. The van der Waals surface area contributed by atoms with Gasteiger partial charge in [0.2, 0.25) is 0 Å². The molecule has 338 valence electrons. The number of likely N-dealkylation sites (tertiary alicyclic amines) is 2. The number of rotatable bonds is 19.